The van der Waals surface area contributed by atoms with E-state index in [0.717, 1.165) is 19.6 Å². The second kappa shape index (κ2) is 5.35. The molecule has 2 rings (SSSR count). The van der Waals surface area contributed by atoms with Gasteiger partial charge in [0.05, 0.1) is 6.20 Å². The molecule has 0 amide bonds. The van der Waals surface area contributed by atoms with Gasteiger partial charge in [-0.25, -0.2) is 13.1 Å². The maximum absolute atomic E-state index is 11.9. The van der Waals surface area contributed by atoms with E-state index in [4.69, 9.17) is 0 Å². The molecule has 1 atom stereocenters. The predicted molar refractivity (Wildman–Crippen MR) is 67.7 cm³/mol. The Labute approximate surface area is 107 Å². The lowest BCUT2D eigenvalue weighted by Gasteiger charge is -2.37. The zero-order chi connectivity index (χ0) is 13.2. The molecule has 1 aromatic heterocycles. The molecular formula is C10H19N5O2S. The van der Waals surface area contributed by atoms with Crippen LogP contribution in [0.1, 0.15) is 0 Å². The van der Waals surface area contributed by atoms with E-state index < -0.39 is 10.0 Å². The smallest absolute Gasteiger partial charge is 0.257 e. The third-order valence-electron chi connectivity index (χ3n) is 3.25. The van der Waals surface area contributed by atoms with Gasteiger partial charge in [0, 0.05) is 32.2 Å². The SMILES string of the molecule is CN1CCN(C)C(CNS(=O)(=O)c2ccn[nH]2)C1. The first-order valence-electron chi connectivity index (χ1n) is 5.87. The minimum Gasteiger partial charge on any atom is -0.303 e. The van der Waals surface area contributed by atoms with Crippen LogP contribution in [0.15, 0.2) is 17.3 Å². The van der Waals surface area contributed by atoms with E-state index >= 15 is 0 Å². The molecule has 0 spiro atoms. The third-order valence-corrected chi connectivity index (χ3v) is 4.61. The second-order valence-electron chi connectivity index (χ2n) is 4.67. The van der Waals surface area contributed by atoms with Crippen LogP contribution in [0.4, 0.5) is 0 Å². The lowest BCUT2D eigenvalue weighted by Crippen LogP contribution is -2.54. The molecule has 0 saturated carbocycles. The molecule has 0 bridgehead atoms. The van der Waals surface area contributed by atoms with Crippen molar-refractivity contribution < 1.29 is 8.42 Å². The number of nitrogens with zero attached hydrogens (tertiary/aromatic N) is 3. The first-order valence-corrected chi connectivity index (χ1v) is 7.35. The summed E-state index contributed by atoms with van der Waals surface area (Å²) in [6.07, 6.45) is 1.43. The Balaban J connectivity index is 1.95. The Morgan fingerprint density at radius 1 is 1.50 bits per heavy atom. The number of likely N-dealkylation sites (N-methyl/N-ethyl adjacent to an activating group) is 2. The molecule has 18 heavy (non-hydrogen) atoms. The van der Waals surface area contributed by atoms with Crippen molar-refractivity contribution >= 4 is 10.0 Å². The maximum Gasteiger partial charge on any atom is 0.257 e. The van der Waals surface area contributed by atoms with Crippen molar-refractivity contribution in [3.05, 3.63) is 12.3 Å². The van der Waals surface area contributed by atoms with Gasteiger partial charge in [-0.1, -0.05) is 0 Å². The predicted octanol–water partition coefficient (Wildman–Crippen LogP) is -1.07. The number of aromatic nitrogens is 2. The second-order valence-corrected chi connectivity index (χ2v) is 6.40. The topological polar surface area (TPSA) is 81.3 Å². The van der Waals surface area contributed by atoms with Gasteiger partial charge in [0.15, 0.2) is 5.03 Å². The summed E-state index contributed by atoms with van der Waals surface area (Å²) >= 11 is 0. The summed E-state index contributed by atoms with van der Waals surface area (Å²) in [4.78, 5) is 4.38. The molecule has 1 unspecified atom stereocenters. The fraction of sp³-hybridized carbons (Fsp3) is 0.700. The van der Waals surface area contributed by atoms with Gasteiger partial charge >= 0.3 is 0 Å². The van der Waals surface area contributed by atoms with Gasteiger partial charge in [-0.15, -0.1) is 0 Å². The van der Waals surface area contributed by atoms with Crippen molar-refractivity contribution in [3.63, 3.8) is 0 Å². The number of sulfonamides is 1. The molecule has 1 aliphatic heterocycles. The Hall–Kier alpha value is -0.960. The highest BCUT2D eigenvalue weighted by Crippen LogP contribution is 2.07. The monoisotopic (exact) mass is 273 g/mol. The molecule has 0 aromatic carbocycles. The number of hydrogen-bond acceptors (Lipinski definition) is 5. The quantitative estimate of drug-likeness (QED) is 0.730. The van der Waals surface area contributed by atoms with Gasteiger partial charge in [0.1, 0.15) is 0 Å². The van der Waals surface area contributed by atoms with Crippen LogP contribution in [0.5, 0.6) is 0 Å². The van der Waals surface area contributed by atoms with Crippen LogP contribution in [0.3, 0.4) is 0 Å². The summed E-state index contributed by atoms with van der Waals surface area (Å²) in [6, 6.07) is 1.64. The number of H-pyrrole nitrogens is 1. The summed E-state index contributed by atoms with van der Waals surface area (Å²) in [7, 11) is 0.591. The summed E-state index contributed by atoms with van der Waals surface area (Å²) in [5, 5.41) is 6.21. The molecule has 1 aliphatic rings. The maximum atomic E-state index is 11.9. The number of piperazine rings is 1. The van der Waals surface area contributed by atoms with Crippen LogP contribution in [0, 0.1) is 0 Å². The van der Waals surface area contributed by atoms with Gasteiger partial charge in [-0.2, -0.15) is 5.10 Å². The van der Waals surface area contributed by atoms with E-state index in [0.29, 0.717) is 6.54 Å². The van der Waals surface area contributed by atoms with Gasteiger partial charge in [0.2, 0.25) is 0 Å². The van der Waals surface area contributed by atoms with Crippen molar-refractivity contribution in [3.8, 4) is 0 Å². The molecule has 2 heterocycles. The van der Waals surface area contributed by atoms with Crippen LogP contribution in [-0.4, -0.2) is 74.7 Å². The fourth-order valence-electron chi connectivity index (χ4n) is 2.00. The van der Waals surface area contributed by atoms with Crippen LogP contribution < -0.4 is 4.72 Å². The molecule has 0 aliphatic carbocycles. The minimum absolute atomic E-state index is 0.106. The van der Waals surface area contributed by atoms with Crippen molar-refractivity contribution in [1.82, 2.24) is 24.7 Å². The highest BCUT2D eigenvalue weighted by Gasteiger charge is 2.24. The van der Waals surface area contributed by atoms with E-state index in [1.54, 1.807) is 0 Å². The number of hydrogen-bond donors (Lipinski definition) is 2. The molecule has 0 radical (unpaired) electrons. The summed E-state index contributed by atoms with van der Waals surface area (Å²) in [5.74, 6) is 0. The van der Waals surface area contributed by atoms with Crippen molar-refractivity contribution in [2.24, 2.45) is 0 Å². The van der Waals surface area contributed by atoms with E-state index in [1.807, 2.05) is 14.1 Å². The van der Waals surface area contributed by atoms with Crippen LogP contribution in [0.25, 0.3) is 0 Å². The highest BCUT2D eigenvalue weighted by atomic mass is 32.2. The van der Waals surface area contributed by atoms with Gasteiger partial charge in [-0.3, -0.25) is 10.00 Å². The summed E-state index contributed by atoms with van der Waals surface area (Å²) in [6.45, 7) is 3.23. The zero-order valence-electron chi connectivity index (χ0n) is 10.6. The Kier molecular flexibility index (Phi) is 4.00. The Morgan fingerprint density at radius 2 is 2.28 bits per heavy atom. The van der Waals surface area contributed by atoms with Crippen molar-refractivity contribution in [1.29, 1.82) is 0 Å². The Morgan fingerprint density at radius 3 is 2.94 bits per heavy atom. The molecular weight excluding hydrogens is 254 g/mol. The van der Waals surface area contributed by atoms with Crippen molar-refractivity contribution in [2.45, 2.75) is 11.1 Å². The molecule has 102 valence electrons. The molecule has 1 aromatic rings. The first-order chi connectivity index (χ1) is 8.49. The highest BCUT2D eigenvalue weighted by molar-refractivity contribution is 7.89. The van der Waals surface area contributed by atoms with Gasteiger partial charge in [-0.05, 0) is 20.2 Å². The molecule has 8 heteroatoms. The van der Waals surface area contributed by atoms with Crippen LogP contribution in [0.2, 0.25) is 0 Å². The van der Waals surface area contributed by atoms with E-state index in [9.17, 15) is 8.42 Å². The van der Waals surface area contributed by atoms with Gasteiger partial charge in [0.25, 0.3) is 10.0 Å². The molecule has 1 saturated heterocycles. The largest absolute Gasteiger partial charge is 0.303 e. The number of nitrogens with one attached hydrogen (secondary N) is 2. The van der Waals surface area contributed by atoms with Gasteiger partial charge < -0.3 is 4.90 Å². The number of rotatable bonds is 4. The average molecular weight is 273 g/mol. The lowest BCUT2D eigenvalue weighted by atomic mass is 10.2. The lowest BCUT2D eigenvalue weighted by molar-refractivity contribution is 0.117. The van der Waals surface area contributed by atoms with E-state index in [2.05, 4.69) is 24.7 Å². The minimum atomic E-state index is -3.47. The summed E-state index contributed by atoms with van der Waals surface area (Å²) in [5.41, 5.74) is 0. The van der Waals surface area contributed by atoms with Crippen molar-refractivity contribution in [2.75, 3.05) is 40.3 Å². The first kappa shape index (κ1) is 13.5. The Bertz CT molecular complexity index is 472. The number of aromatic amines is 1. The third kappa shape index (κ3) is 3.08. The molecule has 1 fully saturated rings. The summed E-state index contributed by atoms with van der Waals surface area (Å²) < 4.78 is 26.4. The van der Waals surface area contributed by atoms with E-state index in [1.165, 1.54) is 12.3 Å². The molecule has 7 nitrogen and oxygen atoms in total. The zero-order valence-corrected chi connectivity index (χ0v) is 11.4. The standard InChI is InChI=1S/C10H19N5O2S/c1-14-5-6-15(2)9(8-14)7-12-18(16,17)10-3-4-11-13-10/h3-4,9,12H,5-8H2,1-2H3,(H,11,13). The van der Waals surface area contributed by atoms with Crippen LogP contribution in [-0.2, 0) is 10.0 Å². The normalized spacial score (nSPS) is 23.3. The van der Waals surface area contributed by atoms with Crippen LogP contribution >= 0.6 is 0 Å². The fourth-order valence-corrected chi connectivity index (χ4v) is 2.98. The van der Waals surface area contributed by atoms with E-state index in [-0.39, 0.29) is 11.1 Å². The average Bonchev–Trinajstić information content (AvgIpc) is 2.85. The molecule has 2 N–H and O–H groups in total.